The maximum atomic E-state index is 13.0. The number of aromatic hydroxyl groups is 1. The molecule has 1 heterocycles. The zero-order chi connectivity index (χ0) is 18.3. The van der Waals surface area contributed by atoms with Gasteiger partial charge in [-0.1, -0.05) is 41.5 Å². The lowest BCUT2D eigenvalue weighted by Gasteiger charge is -2.28. The van der Waals surface area contributed by atoms with Crippen LogP contribution in [-0.4, -0.2) is 35.5 Å². The van der Waals surface area contributed by atoms with E-state index in [1.165, 1.54) is 0 Å². The molecule has 134 valence electrons. The van der Waals surface area contributed by atoms with E-state index < -0.39 is 0 Å². The molecular weight excluding hydrogens is 300 g/mol. The van der Waals surface area contributed by atoms with Crippen LogP contribution in [0.15, 0.2) is 12.1 Å². The molecule has 2 rings (SSSR count). The van der Waals surface area contributed by atoms with Crippen molar-refractivity contribution in [3.8, 4) is 5.75 Å². The Morgan fingerprint density at radius 2 is 1.67 bits per heavy atom. The fourth-order valence-electron chi connectivity index (χ4n) is 3.29. The average Bonchev–Trinajstić information content (AvgIpc) is 2.93. The highest BCUT2D eigenvalue weighted by Gasteiger charge is 2.31. The van der Waals surface area contributed by atoms with Crippen molar-refractivity contribution in [3.05, 3.63) is 28.8 Å². The lowest BCUT2D eigenvalue weighted by atomic mass is 9.78. The van der Waals surface area contributed by atoms with Crippen LogP contribution >= 0.6 is 0 Å². The molecule has 0 aromatic heterocycles. The van der Waals surface area contributed by atoms with E-state index >= 15 is 0 Å². The summed E-state index contributed by atoms with van der Waals surface area (Å²) in [6.07, 6.45) is 0.971. The van der Waals surface area contributed by atoms with Crippen LogP contribution in [0.3, 0.4) is 0 Å². The van der Waals surface area contributed by atoms with Crippen LogP contribution in [0.4, 0.5) is 0 Å². The van der Waals surface area contributed by atoms with Gasteiger partial charge in [0.05, 0.1) is 0 Å². The van der Waals surface area contributed by atoms with E-state index in [-0.39, 0.29) is 16.7 Å². The zero-order valence-electron chi connectivity index (χ0n) is 15.9. The minimum absolute atomic E-state index is 0.0435. The quantitative estimate of drug-likeness (QED) is 0.872. The van der Waals surface area contributed by atoms with Gasteiger partial charge in [0.25, 0.3) is 5.91 Å². The lowest BCUT2D eigenvalue weighted by Crippen LogP contribution is -2.30. The summed E-state index contributed by atoms with van der Waals surface area (Å²) in [6.45, 7) is 14.5. The normalized spacial score (nSPS) is 19.0. The average molecular weight is 332 g/mol. The van der Waals surface area contributed by atoms with E-state index in [2.05, 4.69) is 41.5 Å². The van der Waals surface area contributed by atoms with Crippen molar-refractivity contribution >= 4 is 5.91 Å². The summed E-state index contributed by atoms with van der Waals surface area (Å²) >= 11 is 0. The van der Waals surface area contributed by atoms with Gasteiger partial charge in [-0.3, -0.25) is 4.79 Å². The van der Waals surface area contributed by atoms with Gasteiger partial charge in [-0.05, 0) is 41.8 Å². The van der Waals surface area contributed by atoms with Gasteiger partial charge >= 0.3 is 0 Å². The summed E-state index contributed by atoms with van der Waals surface area (Å²) in [7, 11) is 0. The van der Waals surface area contributed by atoms with E-state index in [1.54, 1.807) is 0 Å². The Morgan fingerprint density at radius 1 is 1.17 bits per heavy atom. The molecule has 0 saturated carbocycles. The Morgan fingerprint density at radius 3 is 2.04 bits per heavy atom. The van der Waals surface area contributed by atoms with Crippen molar-refractivity contribution in [3.63, 3.8) is 0 Å². The number of hydrogen-bond donors (Lipinski definition) is 2. The number of phenolic OH excluding ortho intramolecular Hbond substituents is 1. The summed E-state index contributed by atoms with van der Waals surface area (Å²) in [5, 5.41) is 10.8. The first-order valence-electron chi connectivity index (χ1n) is 8.82. The van der Waals surface area contributed by atoms with Gasteiger partial charge < -0.3 is 15.7 Å². The van der Waals surface area contributed by atoms with Crippen LogP contribution in [0.2, 0.25) is 0 Å². The predicted octanol–water partition coefficient (Wildman–Crippen LogP) is 3.41. The second kappa shape index (κ2) is 6.40. The van der Waals surface area contributed by atoms with E-state index in [1.807, 2.05) is 17.0 Å². The Labute approximate surface area is 146 Å². The van der Waals surface area contributed by atoms with Crippen molar-refractivity contribution in [2.75, 3.05) is 19.6 Å². The van der Waals surface area contributed by atoms with E-state index in [4.69, 9.17) is 5.73 Å². The molecule has 0 radical (unpaired) electrons. The number of carbonyl (C=O) groups excluding carboxylic acids is 1. The fraction of sp³-hybridized carbons (Fsp3) is 0.650. The molecule has 0 bridgehead atoms. The Hall–Kier alpha value is -1.55. The summed E-state index contributed by atoms with van der Waals surface area (Å²) in [5.74, 6) is 0.755. The predicted molar refractivity (Wildman–Crippen MR) is 98.6 cm³/mol. The Bertz CT molecular complexity index is 589. The maximum absolute atomic E-state index is 13.0. The number of benzene rings is 1. The molecule has 4 heteroatoms. The second-order valence-electron chi connectivity index (χ2n) is 9.06. The number of amides is 1. The van der Waals surface area contributed by atoms with Crippen molar-refractivity contribution < 1.29 is 9.90 Å². The molecule has 1 atom stereocenters. The highest BCUT2D eigenvalue weighted by atomic mass is 16.3. The highest BCUT2D eigenvalue weighted by Crippen LogP contribution is 2.40. The van der Waals surface area contributed by atoms with Crippen LogP contribution in [0, 0.1) is 5.92 Å². The topological polar surface area (TPSA) is 66.6 Å². The number of hydrogen-bond acceptors (Lipinski definition) is 3. The van der Waals surface area contributed by atoms with E-state index in [0.29, 0.717) is 23.8 Å². The largest absolute Gasteiger partial charge is 0.507 e. The highest BCUT2D eigenvalue weighted by molar-refractivity contribution is 5.95. The first-order valence-corrected chi connectivity index (χ1v) is 8.82. The second-order valence-corrected chi connectivity index (χ2v) is 9.06. The molecule has 1 saturated heterocycles. The molecule has 1 aliphatic heterocycles. The minimum atomic E-state index is -0.231. The van der Waals surface area contributed by atoms with Gasteiger partial charge in [0.1, 0.15) is 5.75 Å². The summed E-state index contributed by atoms with van der Waals surface area (Å²) in [5.41, 5.74) is 7.60. The van der Waals surface area contributed by atoms with Crippen LogP contribution in [0.5, 0.6) is 5.75 Å². The first-order chi connectivity index (χ1) is 10.9. The number of rotatable bonds is 2. The number of carbonyl (C=O) groups is 1. The first kappa shape index (κ1) is 18.8. The molecule has 1 fully saturated rings. The molecule has 1 aromatic carbocycles. The third-order valence-electron chi connectivity index (χ3n) is 4.88. The van der Waals surface area contributed by atoms with E-state index in [9.17, 15) is 9.90 Å². The molecule has 24 heavy (non-hydrogen) atoms. The molecule has 1 aromatic rings. The minimum Gasteiger partial charge on any atom is -0.507 e. The number of likely N-dealkylation sites (tertiary alicyclic amines) is 1. The van der Waals surface area contributed by atoms with Gasteiger partial charge in [-0.2, -0.15) is 0 Å². The fourth-order valence-corrected chi connectivity index (χ4v) is 3.29. The van der Waals surface area contributed by atoms with Crippen molar-refractivity contribution in [2.24, 2.45) is 11.7 Å². The van der Waals surface area contributed by atoms with Crippen molar-refractivity contribution in [1.29, 1.82) is 0 Å². The van der Waals surface area contributed by atoms with Crippen LogP contribution in [-0.2, 0) is 10.8 Å². The number of nitrogens with two attached hydrogens (primary N) is 1. The van der Waals surface area contributed by atoms with Crippen LogP contribution < -0.4 is 5.73 Å². The molecule has 0 spiro atoms. The van der Waals surface area contributed by atoms with Crippen molar-refractivity contribution in [2.45, 2.75) is 58.8 Å². The number of phenols is 1. The van der Waals surface area contributed by atoms with Gasteiger partial charge in [-0.25, -0.2) is 0 Å². The number of nitrogens with zero attached hydrogens (tertiary/aromatic N) is 1. The van der Waals surface area contributed by atoms with E-state index in [0.717, 1.165) is 30.6 Å². The summed E-state index contributed by atoms with van der Waals surface area (Å²) in [6, 6.07) is 3.73. The van der Waals surface area contributed by atoms with Crippen LogP contribution in [0.1, 0.15) is 69.4 Å². The third kappa shape index (κ3) is 3.75. The van der Waals surface area contributed by atoms with Gasteiger partial charge in [-0.15, -0.1) is 0 Å². The standard InChI is InChI=1S/C20H32N2O2/c1-19(2,3)15-9-14(10-16(17(15)23)20(4,5)6)18(24)22-8-7-13(11-21)12-22/h9-10,13,23H,7-8,11-12,21H2,1-6H3. The molecule has 3 N–H and O–H groups in total. The van der Waals surface area contributed by atoms with Crippen LogP contribution in [0.25, 0.3) is 0 Å². The smallest absolute Gasteiger partial charge is 0.253 e. The zero-order valence-corrected chi connectivity index (χ0v) is 15.9. The van der Waals surface area contributed by atoms with Crippen molar-refractivity contribution in [1.82, 2.24) is 4.90 Å². The van der Waals surface area contributed by atoms with Gasteiger partial charge in [0.2, 0.25) is 0 Å². The molecule has 0 aliphatic carbocycles. The Balaban J connectivity index is 2.49. The summed E-state index contributed by atoms with van der Waals surface area (Å²) < 4.78 is 0. The molecule has 1 unspecified atom stereocenters. The molecule has 4 nitrogen and oxygen atoms in total. The van der Waals surface area contributed by atoms with Gasteiger partial charge in [0.15, 0.2) is 0 Å². The molecule has 1 aliphatic rings. The summed E-state index contributed by atoms with van der Waals surface area (Å²) in [4.78, 5) is 14.9. The molecule has 1 amide bonds. The Kier molecular flexibility index (Phi) is 5.01. The maximum Gasteiger partial charge on any atom is 0.253 e. The molecular formula is C20H32N2O2. The monoisotopic (exact) mass is 332 g/mol. The lowest BCUT2D eigenvalue weighted by molar-refractivity contribution is 0.0787. The van der Waals surface area contributed by atoms with Gasteiger partial charge in [0, 0.05) is 29.8 Å². The SMILES string of the molecule is CC(C)(C)c1cc(C(=O)N2CCC(CN)C2)cc(C(C)(C)C)c1O. The third-order valence-corrected chi connectivity index (χ3v) is 4.88.